The smallest absolute Gasteiger partial charge is 0.355 e. The van der Waals surface area contributed by atoms with Crippen LogP contribution >= 0.6 is 11.6 Å². The van der Waals surface area contributed by atoms with Crippen LogP contribution in [0.25, 0.3) is 0 Å². The van der Waals surface area contributed by atoms with Crippen LogP contribution in [0.4, 0.5) is 5.69 Å². The number of fused-ring (bicyclic) bond motifs is 1. The Morgan fingerprint density at radius 3 is 2.76 bits per heavy atom. The van der Waals surface area contributed by atoms with Gasteiger partial charge < -0.3 is 10.1 Å². The monoisotopic (exact) mass is 357 g/mol. The Hall–Kier alpha value is -2.73. The maximum absolute atomic E-state index is 12.6. The molecule has 7 heteroatoms. The fourth-order valence-corrected chi connectivity index (χ4v) is 2.91. The molecule has 1 atom stereocenters. The van der Waals surface area contributed by atoms with E-state index in [0.717, 1.165) is 5.56 Å². The molecule has 1 aliphatic rings. The molecule has 1 amide bonds. The molecule has 0 saturated heterocycles. The minimum atomic E-state index is -0.671. The van der Waals surface area contributed by atoms with Gasteiger partial charge in [0.15, 0.2) is 5.71 Å². The Bertz CT molecular complexity index is 859. The molecule has 0 radical (unpaired) electrons. The molecule has 1 N–H and O–H groups in total. The first-order chi connectivity index (χ1) is 12.0. The van der Waals surface area contributed by atoms with Gasteiger partial charge in [-0.2, -0.15) is 0 Å². The van der Waals surface area contributed by atoms with E-state index in [-0.39, 0.29) is 23.4 Å². The topological polar surface area (TPSA) is 80.6 Å². The number of aliphatic imine (C=N–C) groups is 1. The molecule has 3 rings (SSSR count). The molecule has 1 aliphatic heterocycles. The summed E-state index contributed by atoms with van der Waals surface area (Å²) in [4.78, 5) is 33.2. The number of para-hydroxylation sites is 1. The van der Waals surface area contributed by atoms with Crippen molar-refractivity contribution in [3.8, 4) is 0 Å². The quantitative estimate of drug-likeness (QED) is 0.673. The van der Waals surface area contributed by atoms with Gasteiger partial charge in [-0.1, -0.05) is 29.8 Å². The van der Waals surface area contributed by atoms with Gasteiger partial charge >= 0.3 is 5.97 Å². The number of aryl methyl sites for hydroxylation is 1. The highest BCUT2D eigenvalue weighted by molar-refractivity contribution is 6.40. The molecular formula is C18H16ClN3O3. The van der Waals surface area contributed by atoms with E-state index in [2.05, 4.69) is 15.3 Å². The minimum Gasteiger partial charge on any atom is -0.461 e. The third kappa shape index (κ3) is 3.53. The number of nitrogens with one attached hydrogen (secondary N) is 1. The molecule has 2 heterocycles. The summed E-state index contributed by atoms with van der Waals surface area (Å²) in [7, 11) is 0. The summed E-state index contributed by atoms with van der Waals surface area (Å²) in [5.41, 5.74) is 2.54. The average molecular weight is 358 g/mol. The Morgan fingerprint density at radius 1 is 1.28 bits per heavy atom. The molecule has 6 nitrogen and oxygen atoms in total. The van der Waals surface area contributed by atoms with Crippen molar-refractivity contribution in [2.24, 2.45) is 4.99 Å². The lowest BCUT2D eigenvalue weighted by Gasteiger charge is -2.16. The van der Waals surface area contributed by atoms with Gasteiger partial charge in [0.2, 0.25) is 0 Å². The van der Waals surface area contributed by atoms with E-state index in [1.165, 1.54) is 6.07 Å². The number of carbonyl (C=O) groups is 2. The van der Waals surface area contributed by atoms with Crippen LogP contribution in [0.2, 0.25) is 5.15 Å². The number of esters is 1. The predicted molar refractivity (Wildman–Crippen MR) is 94.4 cm³/mol. The molecule has 0 spiro atoms. The molecule has 1 aromatic carbocycles. The van der Waals surface area contributed by atoms with Crippen LogP contribution in [0.15, 0.2) is 41.4 Å². The number of aromatic nitrogens is 1. The summed E-state index contributed by atoms with van der Waals surface area (Å²) in [5, 5.41) is 3.07. The first-order valence-corrected chi connectivity index (χ1v) is 8.17. The zero-order valence-corrected chi connectivity index (χ0v) is 14.5. The highest BCUT2D eigenvalue weighted by Crippen LogP contribution is 2.34. The lowest BCUT2D eigenvalue weighted by atomic mass is 10.0. The van der Waals surface area contributed by atoms with Gasteiger partial charge in [-0.15, -0.1) is 0 Å². The summed E-state index contributed by atoms with van der Waals surface area (Å²) >= 11 is 5.92. The van der Waals surface area contributed by atoms with Crippen molar-refractivity contribution in [2.75, 3.05) is 6.61 Å². The van der Waals surface area contributed by atoms with Crippen molar-refractivity contribution < 1.29 is 14.3 Å². The van der Waals surface area contributed by atoms with Gasteiger partial charge in [-0.3, -0.25) is 4.79 Å². The summed E-state index contributed by atoms with van der Waals surface area (Å²) in [6.07, 6.45) is 0. The number of benzene rings is 1. The zero-order valence-electron chi connectivity index (χ0n) is 13.7. The van der Waals surface area contributed by atoms with Crippen molar-refractivity contribution in [3.05, 3.63) is 58.4 Å². The molecule has 2 aromatic rings. The number of rotatable bonds is 4. The largest absolute Gasteiger partial charge is 0.461 e. The van der Waals surface area contributed by atoms with Gasteiger partial charge in [0.1, 0.15) is 11.2 Å². The Kier molecular flexibility index (Phi) is 4.81. The maximum atomic E-state index is 12.6. The van der Waals surface area contributed by atoms with Crippen LogP contribution in [-0.4, -0.2) is 29.2 Å². The maximum Gasteiger partial charge on any atom is 0.355 e. The van der Waals surface area contributed by atoms with Crippen molar-refractivity contribution in [1.82, 2.24) is 10.3 Å². The normalized spacial score (nSPS) is 15.3. The van der Waals surface area contributed by atoms with Crippen LogP contribution in [-0.2, 0) is 9.53 Å². The first kappa shape index (κ1) is 17.1. The molecule has 0 fully saturated rings. The standard InChI is InChI=1S/C18H16ClN3O3/c1-3-25-18(24)16-15(12-6-4-5-7-13(12)21-16)22-17(23)11-8-10(2)20-14(19)9-11/h4-9,15H,3H2,1-2H3,(H,22,23). The molecule has 0 bridgehead atoms. The highest BCUT2D eigenvalue weighted by Gasteiger charge is 2.34. The number of amides is 1. The lowest BCUT2D eigenvalue weighted by Crippen LogP contribution is -2.36. The number of hydrogen-bond acceptors (Lipinski definition) is 5. The summed E-state index contributed by atoms with van der Waals surface area (Å²) < 4.78 is 5.06. The Morgan fingerprint density at radius 2 is 2.04 bits per heavy atom. The van der Waals surface area contributed by atoms with E-state index in [4.69, 9.17) is 16.3 Å². The molecule has 0 saturated carbocycles. The third-order valence-corrected chi connectivity index (χ3v) is 3.90. The summed E-state index contributed by atoms with van der Waals surface area (Å²) in [6, 6.07) is 9.69. The van der Waals surface area contributed by atoms with Crippen LogP contribution in [0.3, 0.4) is 0 Å². The van der Waals surface area contributed by atoms with E-state index in [9.17, 15) is 9.59 Å². The summed E-state index contributed by atoms with van der Waals surface area (Å²) in [6.45, 7) is 3.70. The molecule has 25 heavy (non-hydrogen) atoms. The van der Waals surface area contributed by atoms with Gasteiger partial charge in [0.25, 0.3) is 5.91 Å². The third-order valence-electron chi connectivity index (χ3n) is 3.71. The number of halogens is 1. The lowest BCUT2D eigenvalue weighted by molar-refractivity contribution is -0.135. The number of hydrogen-bond donors (Lipinski definition) is 1. The van der Waals surface area contributed by atoms with Crippen LogP contribution in [0.1, 0.15) is 34.6 Å². The fraction of sp³-hybridized carbons (Fsp3) is 0.222. The van der Waals surface area contributed by atoms with E-state index < -0.39 is 12.0 Å². The Labute approximate surface area is 149 Å². The summed E-state index contributed by atoms with van der Waals surface area (Å²) in [5.74, 6) is -0.918. The average Bonchev–Trinajstić information content (AvgIpc) is 2.93. The van der Waals surface area contributed by atoms with Gasteiger partial charge in [0, 0.05) is 16.8 Å². The molecule has 1 unspecified atom stereocenters. The van der Waals surface area contributed by atoms with E-state index in [0.29, 0.717) is 16.9 Å². The molecular weight excluding hydrogens is 342 g/mol. The van der Waals surface area contributed by atoms with E-state index in [1.54, 1.807) is 26.0 Å². The highest BCUT2D eigenvalue weighted by atomic mass is 35.5. The Balaban J connectivity index is 1.91. The SMILES string of the molecule is CCOC(=O)C1=Nc2ccccc2C1NC(=O)c1cc(C)nc(Cl)c1. The first-order valence-electron chi connectivity index (χ1n) is 7.79. The van der Waals surface area contributed by atoms with Gasteiger partial charge in [-0.05, 0) is 32.0 Å². The van der Waals surface area contributed by atoms with Crippen LogP contribution in [0, 0.1) is 6.92 Å². The number of nitrogens with zero attached hydrogens (tertiary/aromatic N) is 2. The second-order valence-electron chi connectivity index (χ2n) is 5.50. The number of ether oxygens (including phenoxy) is 1. The number of carbonyl (C=O) groups excluding carboxylic acids is 2. The second-order valence-corrected chi connectivity index (χ2v) is 5.89. The number of pyridine rings is 1. The minimum absolute atomic E-state index is 0.160. The predicted octanol–water partition coefficient (Wildman–Crippen LogP) is 3.16. The molecule has 0 aliphatic carbocycles. The fourth-order valence-electron chi connectivity index (χ4n) is 2.66. The van der Waals surface area contributed by atoms with Crippen LogP contribution < -0.4 is 5.32 Å². The van der Waals surface area contributed by atoms with Gasteiger partial charge in [0.05, 0.1) is 12.3 Å². The zero-order chi connectivity index (χ0) is 18.0. The molecule has 128 valence electrons. The molecule has 1 aromatic heterocycles. The van der Waals surface area contributed by atoms with E-state index >= 15 is 0 Å². The van der Waals surface area contributed by atoms with Crippen molar-refractivity contribution in [3.63, 3.8) is 0 Å². The van der Waals surface area contributed by atoms with Crippen molar-refractivity contribution >= 4 is 34.9 Å². The van der Waals surface area contributed by atoms with Gasteiger partial charge in [-0.25, -0.2) is 14.8 Å². The van der Waals surface area contributed by atoms with Crippen molar-refractivity contribution in [2.45, 2.75) is 19.9 Å². The van der Waals surface area contributed by atoms with E-state index in [1.807, 2.05) is 18.2 Å². The van der Waals surface area contributed by atoms with Crippen molar-refractivity contribution in [1.29, 1.82) is 0 Å². The second kappa shape index (κ2) is 7.03. The van der Waals surface area contributed by atoms with Crippen LogP contribution in [0.5, 0.6) is 0 Å².